The van der Waals surface area contributed by atoms with Gasteiger partial charge in [0, 0.05) is 17.7 Å². The first kappa shape index (κ1) is 17.6. The lowest BCUT2D eigenvalue weighted by Gasteiger charge is -2.26. The molecule has 2 aromatic carbocycles. The molecule has 2 N–H and O–H groups in total. The smallest absolute Gasteiger partial charge is 0.270 e. The zero-order valence-corrected chi connectivity index (χ0v) is 15.2. The molecular formula is C22H24N2O3. The van der Waals surface area contributed by atoms with Crippen molar-refractivity contribution in [2.75, 3.05) is 10.6 Å². The topological polar surface area (TPSA) is 67.4 Å². The van der Waals surface area contributed by atoms with Gasteiger partial charge in [0.05, 0.1) is 5.69 Å². The van der Waals surface area contributed by atoms with Gasteiger partial charge in [-0.3, -0.25) is 9.59 Å². The van der Waals surface area contributed by atoms with Crippen LogP contribution in [0.2, 0.25) is 0 Å². The lowest BCUT2D eigenvalue weighted by molar-refractivity contribution is -0.123. The Kier molecular flexibility index (Phi) is 5.10. The number of fused-ring (bicyclic) bond motifs is 1. The average molecular weight is 364 g/mol. The van der Waals surface area contributed by atoms with E-state index in [-0.39, 0.29) is 11.8 Å². The molecule has 0 radical (unpaired) electrons. The van der Waals surface area contributed by atoms with Gasteiger partial charge >= 0.3 is 0 Å². The number of carbonyl (C=O) groups is 2. The van der Waals surface area contributed by atoms with Gasteiger partial charge in [0.1, 0.15) is 5.75 Å². The van der Waals surface area contributed by atoms with Gasteiger partial charge in [0.25, 0.3) is 5.91 Å². The molecule has 0 aromatic heterocycles. The fourth-order valence-corrected chi connectivity index (χ4v) is 3.90. The molecule has 1 aliphatic heterocycles. The fourth-order valence-electron chi connectivity index (χ4n) is 3.90. The van der Waals surface area contributed by atoms with Gasteiger partial charge in [-0.15, -0.1) is 0 Å². The van der Waals surface area contributed by atoms with Crippen molar-refractivity contribution >= 4 is 23.2 Å². The van der Waals surface area contributed by atoms with Crippen molar-refractivity contribution in [2.24, 2.45) is 5.92 Å². The number of nitrogens with one attached hydrogen (secondary N) is 2. The average Bonchev–Trinajstić information content (AvgIpc) is 2.69. The molecule has 4 rings (SSSR count). The summed E-state index contributed by atoms with van der Waals surface area (Å²) in [7, 11) is 0. The molecule has 0 bridgehead atoms. The Morgan fingerprint density at radius 1 is 1.07 bits per heavy atom. The molecule has 1 saturated carbocycles. The molecule has 5 nitrogen and oxygen atoms in total. The maximum Gasteiger partial charge on any atom is 0.270 e. The van der Waals surface area contributed by atoms with E-state index in [2.05, 4.69) is 10.6 Å². The number of anilines is 2. The number of rotatable bonds is 4. The molecule has 2 aromatic rings. The molecule has 1 fully saturated rings. The van der Waals surface area contributed by atoms with E-state index < -0.39 is 6.10 Å². The monoisotopic (exact) mass is 364 g/mol. The second-order valence-corrected chi connectivity index (χ2v) is 7.37. The molecule has 2 amide bonds. The van der Waals surface area contributed by atoms with E-state index in [1.165, 1.54) is 19.3 Å². The predicted octanol–water partition coefficient (Wildman–Crippen LogP) is 4.67. The van der Waals surface area contributed by atoms with Gasteiger partial charge in [0.2, 0.25) is 12.0 Å². The lowest BCUT2D eigenvalue weighted by Crippen LogP contribution is -2.30. The Bertz CT molecular complexity index is 829. The van der Waals surface area contributed by atoms with E-state index in [0.717, 1.165) is 18.4 Å². The molecule has 1 atom stereocenters. The molecule has 0 saturated heterocycles. The zero-order chi connectivity index (χ0) is 18.6. The second kappa shape index (κ2) is 7.82. The van der Waals surface area contributed by atoms with Crippen LogP contribution in [0.4, 0.5) is 11.4 Å². The Labute approximate surface area is 159 Å². The highest BCUT2D eigenvalue weighted by Gasteiger charge is 2.29. The van der Waals surface area contributed by atoms with E-state index in [0.29, 0.717) is 29.5 Å². The molecule has 27 heavy (non-hydrogen) atoms. The van der Waals surface area contributed by atoms with Crippen LogP contribution in [0.5, 0.6) is 5.75 Å². The van der Waals surface area contributed by atoms with Crippen LogP contribution < -0.4 is 15.4 Å². The van der Waals surface area contributed by atoms with Crippen molar-refractivity contribution in [3.05, 3.63) is 54.1 Å². The number of hydrogen-bond donors (Lipinski definition) is 2. The summed E-state index contributed by atoms with van der Waals surface area (Å²) in [6.07, 6.45) is 5.92. The van der Waals surface area contributed by atoms with Gasteiger partial charge in [-0.1, -0.05) is 49.6 Å². The van der Waals surface area contributed by atoms with Gasteiger partial charge in [-0.2, -0.15) is 0 Å². The highest BCUT2D eigenvalue weighted by Crippen LogP contribution is 2.36. The minimum Gasteiger partial charge on any atom is -0.474 e. The summed E-state index contributed by atoms with van der Waals surface area (Å²) in [6.45, 7) is 0. The minimum atomic E-state index is -0.662. The van der Waals surface area contributed by atoms with Gasteiger partial charge < -0.3 is 15.4 Å². The third-order valence-corrected chi connectivity index (χ3v) is 5.31. The standard InChI is InChI=1S/C22H24N2O3/c25-20(13-15-7-3-1-4-8-15)23-17-11-12-19-18(14-17)24-22(26)21(27-19)16-9-5-2-6-10-16/h2,5-6,9-12,14-15,21H,1,3-4,7-8,13H2,(H,23,25)(H,24,26). The fraction of sp³-hybridized carbons (Fsp3) is 0.364. The summed E-state index contributed by atoms with van der Waals surface area (Å²) < 4.78 is 5.89. The van der Waals surface area contributed by atoms with Crippen LogP contribution in [0.3, 0.4) is 0 Å². The number of amides is 2. The first-order valence-electron chi connectivity index (χ1n) is 9.65. The molecule has 1 heterocycles. The molecule has 2 aliphatic rings. The van der Waals surface area contributed by atoms with Crippen LogP contribution >= 0.6 is 0 Å². The van der Waals surface area contributed by atoms with Crippen LogP contribution in [0.15, 0.2) is 48.5 Å². The Hall–Kier alpha value is -2.82. The lowest BCUT2D eigenvalue weighted by atomic mass is 9.87. The van der Waals surface area contributed by atoms with Crippen molar-refractivity contribution < 1.29 is 14.3 Å². The first-order valence-corrected chi connectivity index (χ1v) is 9.65. The molecular weight excluding hydrogens is 340 g/mol. The summed E-state index contributed by atoms with van der Waals surface area (Å²) >= 11 is 0. The third-order valence-electron chi connectivity index (χ3n) is 5.31. The first-order chi connectivity index (χ1) is 13.2. The van der Waals surface area contributed by atoms with Gasteiger partial charge in [-0.05, 0) is 37.0 Å². The molecule has 140 valence electrons. The SMILES string of the molecule is O=C(CC1CCCCC1)Nc1ccc2c(c1)NC(=O)C(c1ccccc1)O2. The van der Waals surface area contributed by atoms with Crippen LogP contribution in [0.25, 0.3) is 0 Å². The number of benzene rings is 2. The summed E-state index contributed by atoms with van der Waals surface area (Å²) in [6, 6.07) is 14.8. The highest BCUT2D eigenvalue weighted by atomic mass is 16.5. The van der Waals surface area contributed by atoms with Crippen molar-refractivity contribution in [1.82, 2.24) is 0 Å². The normalized spacial score (nSPS) is 19.6. The van der Waals surface area contributed by atoms with E-state index >= 15 is 0 Å². The molecule has 0 spiro atoms. The number of ether oxygens (including phenoxy) is 1. The quantitative estimate of drug-likeness (QED) is 0.828. The van der Waals surface area contributed by atoms with Crippen LogP contribution in [-0.2, 0) is 9.59 Å². The summed E-state index contributed by atoms with van der Waals surface area (Å²) in [4.78, 5) is 24.8. The number of carbonyl (C=O) groups excluding carboxylic acids is 2. The predicted molar refractivity (Wildman–Crippen MR) is 105 cm³/mol. The summed E-state index contributed by atoms with van der Waals surface area (Å²) in [5, 5.41) is 5.84. The summed E-state index contributed by atoms with van der Waals surface area (Å²) in [5.41, 5.74) is 2.07. The van der Waals surface area contributed by atoms with Crippen molar-refractivity contribution in [3.8, 4) is 5.75 Å². The molecule has 1 aliphatic carbocycles. The largest absolute Gasteiger partial charge is 0.474 e. The van der Waals surface area contributed by atoms with Gasteiger partial charge in [0.15, 0.2) is 0 Å². The van der Waals surface area contributed by atoms with Gasteiger partial charge in [-0.25, -0.2) is 0 Å². The van der Waals surface area contributed by atoms with E-state index in [1.807, 2.05) is 36.4 Å². The van der Waals surface area contributed by atoms with E-state index in [4.69, 9.17) is 4.74 Å². The third kappa shape index (κ3) is 4.13. The Morgan fingerprint density at radius 2 is 1.85 bits per heavy atom. The van der Waals surface area contributed by atoms with Crippen molar-refractivity contribution in [2.45, 2.75) is 44.6 Å². The maximum absolute atomic E-state index is 12.4. The van der Waals surface area contributed by atoms with E-state index in [9.17, 15) is 9.59 Å². The minimum absolute atomic E-state index is 0.0343. The maximum atomic E-state index is 12.4. The van der Waals surface area contributed by atoms with Crippen LogP contribution in [-0.4, -0.2) is 11.8 Å². The number of hydrogen-bond acceptors (Lipinski definition) is 3. The Morgan fingerprint density at radius 3 is 2.63 bits per heavy atom. The molecule has 5 heteroatoms. The zero-order valence-electron chi connectivity index (χ0n) is 15.2. The van der Waals surface area contributed by atoms with E-state index in [1.54, 1.807) is 12.1 Å². The van der Waals surface area contributed by atoms with Crippen LogP contribution in [0.1, 0.15) is 50.2 Å². The molecule has 1 unspecified atom stereocenters. The highest BCUT2D eigenvalue weighted by molar-refractivity contribution is 5.99. The van der Waals surface area contributed by atoms with Crippen molar-refractivity contribution in [1.29, 1.82) is 0 Å². The van der Waals surface area contributed by atoms with Crippen molar-refractivity contribution in [3.63, 3.8) is 0 Å². The van der Waals surface area contributed by atoms with Crippen LogP contribution in [0, 0.1) is 5.92 Å². The second-order valence-electron chi connectivity index (χ2n) is 7.37. The summed E-state index contributed by atoms with van der Waals surface area (Å²) in [5.74, 6) is 0.922. The Balaban J connectivity index is 1.43.